The summed E-state index contributed by atoms with van der Waals surface area (Å²) >= 11 is 0. The molecule has 0 atom stereocenters. The van der Waals surface area contributed by atoms with Gasteiger partial charge in [0.1, 0.15) is 0 Å². The fourth-order valence-electron chi connectivity index (χ4n) is 2.35. The quantitative estimate of drug-likeness (QED) is 0.884. The maximum Gasteiger partial charge on any atom is 0.276 e. The SMILES string of the molecule is Cc1ccc(C)c(CN2CCN(S(N)(=O)=O)CC2)c1. The lowest BCUT2D eigenvalue weighted by atomic mass is 10.1. The van der Waals surface area contributed by atoms with Crippen LogP contribution in [0.15, 0.2) is 18.2 Å². The molecule has 1 heterocycles. The molecule has 2 N–H and O–H groups in total. The first-order valence-corrected chi connectivity index (χ1v) is 7.93. The van der Waals surface area contributed by atoms with Crippen molar-refractivity contribution in [2.75, 3.05) is 26.2 Å². The molecule has 1 aliphatic heterocycles. The summed E-state index contributed by atoms with van der Waals surface area (Å²) in [7, 11) is -3.53. The summed E-state index contributed by atoms with van der Waals surface area (Å²) in [6.45, 7) is 7.46. The number of rotatable bonds is 3. The normalized spacial score (nSPS) is 18.7. The van der Waals surface area contributed by atoms with E-state index in [1.54, 1.807) is 0 Å². The van der Waals surface area contributed by atoms with Gasteiger partial charge >= 0.3 is 0 Å². The minimum Gasteiger partial charge on any atom is -0.296 e. The van der Waals surface area contributed by atoms with Crippen LogP contribution in [0.2, 0.25) is 0 Å². The molecule has 19 heavy (non-hydrogen) atoms. The fraction of sp³-hybridized carbons (Fsp3) is 0.538. The van der Waals surface area contributed by atoms with Crippen molar-refractivity contribution in [3.8, 4) is 0 Å². The number of benzene rings is 1. The lowest BCUT2D eigenvalue weighted by molar-refractivity contribution is 0.181. The van der Waals surface area contributed by atoms with E-state index in [0.717, 1.165) is 19.6 Å². The zero-order chi connectivity index (χ0) is 14.0. The third-order valence-corrected chi connectivity index (χ3v) is 4.67. The molecule has 0 amide bonds. The summed E-state index contributed by atoms with van der Waals surface area (Å²) in [5.41, 5.74) is 3.84. The largest absolute Gasteiger partial charge is 0.296 e. The number of hydrogen-bond acceptors (Lipinski definition) is 3. The Morgan fingerprint density at radius 3 is 2.37 bits per heavy atom. The Balaban J connectivity index is 1.98. The molecule has 1 aromatic rings. The maximum atomic E-state index is 11.2. The van der Waals surface area contributed by atoms with E-state index >= 15 is 0 Å². The summed E-state index contributed by atoms with van der Waals surface area (Å²) in [6, 6.07) is 6.43. The van der Waals surface area contributed by atoms with Crippen LogP contribution in [0.25, 0.3) is 0 Å². The van der Waals surface area contributed by atoms with Gasteiger partial charge in [-0.05, 0) is 25.0 Å². The first-order valence-electron chi connectivity index (χ1n) is 6.42. The van der Waals surface area contributed by atoms with Crippen LogP contribution in [0.3, 0.4) is 0 Å². The van der Waals surface area contributed by atoms with Crippen molar-refractivity contribution in [1.82, 2.24) is 9.21 Å². The topological polar surface area (TPSA) is 66.6 Å². The highest BCUT2D eigenvalue weighted by Gasteiger charge is 2.23. The maximum absolute atomic E-state index is 11.2. The smallest absolute Gasteiger partial charge is 0.276 e. The van der Waals surface area contributed by atoms with Gasteiger partial charge in [0.15, 0.2) is 0 Å². The fourth-order valence-corrected chi connectivity index (χ4v) is 3.03. The summed E-state index contributed by atoms with van der Waals surface area (Å²) in [4.78, 5) is 2.27. The van der Waals surface area contributed by atoms with Gasteiger partial charge < -0.3 is 0 Å². The van der Waals surface area contributed by atoms with Crippen LogP contribution >= 0.6 is 0 Å². The van der Waals surface area contributed by atoms with Gasteiger partial charge in [-0.2, -0.15) is 12.7 Å². The molecule has 0 bridgehead atoms. The van der Waals surface area contributed by atoms with Crippen molar-refractivity contribution < 1.29 is 8.42 Å². The van der Waals surface area contributed by atoms with Crippen LogP contribution in [0, 0.1) is 13.8 Å². The van der Waals surface area contributed by atoms with E-state index in [1.165, 1.54) is 21.0 Å². The summed E-state index contributed by atoms with van der Waals surface area (Å²) in [6.07, 6.45) is 0. The predicted molar refractivity (Wildman–Crippen MR) is 75.9 cm³/mol. The first kappa shape index (κ1) is 14.5. The third kappa shape index (κ3) is 3.76. The Bertz CT molecular complexity index is 549. The van der Waals surface area contributed by atoms with Crippen molar-refractivity contribution in [2.45, 2.75) is 20.4 Å². The molecular formula is C13H21N3O2S. The number of aryl methyl sites for hydroxylation is 2. The summed E-state index contributed by atoms with van der Waals surface area (Å²) in [5.74, 6) is 0. The van der Waals surface area contributed by atoms with Crippen molar-refractivity contribution in [2.24, 2.45) is 5.14 Å². The van der Waals surface area contributed by atoms with Gasteiger partial charge in [0.2, 0.25) is 0 Å². The van der Waals surface area contributed by atoms with Gasteiger partial charge in [0.05, 0.1) is 0 Å². The average Bonchev–Trinajstić information content (AvgIpc) is 2.33. The zero-order valence-corrected chi connectivity index (χ0v) is 12.3. The first-order chi connectivity index (χ1) is 8.86. The van der Waals surface area contributed by atoms with Gasteiger partial charge in [-0.15, -0.1) is 0 Å². The van der Waals surface area contributed by atoms with E-state index in [1.807, 2.05) is 0 Å². The second kappa shape index (κ2) is 5.58. The van der Waals surface area contributed by atoms with E-state index in [0.29, 0.717) is 13.1 Å². The number of hydrogen-bond donors (Lipinski definition) is 1. The molecule has 1 saturated heterocycles. The number of nitrogens with two attached hydrogens (primary N) is 1. The Morgan fingerprint density at radius 1 is 1.16 bits per heavy atom. The van der Waals surface area contributed by atoms with Gasteiger partial charge in [-0.1, -0.05) is 23.8 Å². The van der Waals surface area contributed by atoms with E-state index in [4.69, 9.17) is 5.14 Å². The molecule has 5 nitrogen and oxygen atoms in total. The molecule has 0 spiro atoms. The highest BCUT2D eigenvalue weighted by atomic mass is 32.2. The summed E-state index contributed by atoms with van der Waals surface area (Å²) in [5, 5.41) is 5.13. The Hall–Kier alpha value is -0.950. The zero-order valence-electron chi connectivity index (χ0n) is 11.5. The molecule has 1 aromatic carbocycles. The Labute approximate surface area is 115 Å². The molecule has 1 aliphatic rings. The van der Waals surface area contributed by atoms with E-state index < -0.39 is 10.2 Å². The number of piperazine rings is 1. The predicted octanol–water partition coefficient (Wildman–Crippen LogP) is 0.625. The van der Waals surface area contributed by atoms with Crippen molar-refractivity contribution in [3.05, 3.63) is 34.9 Å². The monoisotopic (exact) mass is 283 g/mol. The van der Waals surface area contributed by atoms with E-state index in [-0.39, 0.29) is 0 Å². The molecule has 2 rings (SSSR count). The second-order valence-electron chi connectivity index (χ2n) is 5.15. The number of nitrogens with zero attached hydrogens (tertiary/aromatic N) is 2. The minimum absolute atomic E-state index is 0.476. The van der Waals surface area contributed by atoms with E-state index in [9.17, 15) is 8.42 Å². The highest BCUT2D eigenvalue weighted by molar-refractivity contribution is 7.86. The lowest BCUT2D eigenvalue weighted by Gasteiger charge is -2.33. The van der Waals surface area contributed by atoms with Crippen LogP contribution in [-0.4, -0.2) is 43.8 Å². The van der Waals surface area contributed by atoms with Crippen LogP contribution in [0.1, 0.15) is 16.7 Å². The highest BCUT2D eigenvalue weighted by Crippen LogP contribution is 2.15. The van der Waals surface area contributed by atoms with E-state index in [2.05, 4.69) is 36.9 Å². The van der Waals surface area contributed by atoms with Crippen molar-refractivity contribution in [1.29, 1.82) is 0 Å². The van der Waals surface area contributed by atoms with Crippen LogP contribution in [0.5, 0.6) is 0 Å². The molecule has 6 heteroatoms. The molecule has 1 fully saturated rings. The summed E-state index contributed by atoms with van der Waals surface area (Å²) < 4.78 is 23.8. The van der Waals surface area contributed by atoms with Crippen molar-refractivity contribution >= 4 is 10.2 Å². The minimum atomic E-state index is -3.53. The molecule has 0 unspecified atom stereocenters. The average molecular weight is 283 g/mol. The molecule has 0 radical (unpaired) electrons. The molecule has 0 aliphatic carbocycles. The molecular weight excluding hydrogens is 262 g/mol. The Kier molecular flexibility index (Phi) is 4.25. The van der Waals surface area contributed by atoms with Crippen LogP contribution in [0.4, 0.5) is 0 Å². The molecule has 0 aromatic heterocycles. The van der Waals surface area contributed by atoms with Crippen LogP contribution < -0.4 is 5.14 Å². The van der Waals surface area contributed by atoms with Gasteiger partial charge in [-0.3, -0.25) is 4.90 Å². The van der Waals surface area contributed by atoms with Gasteiger partial charge in [0, 0.05) is 32.7 Å². The lowest BCUT2D eigenvalue weighted by Crippen LogP contribution is -2.50. The standard InChI is InChI=1S/C13H21N3O2S/c1-11-3-4-12(2)13(9-11)10-15-5-7-16(8-6-15)19(14,17)18/h3-4,9H,5-8,10H2,1-2H3,(H2,14,17,18). The third-order valence-electron chi connectivity index (χ3n) is 3.59. The second-order valence-corrected chi connectivity index (χ2v) is 6.70. The molecule has 0 saturated carbocycles. The van der Waals surface area contributed by atoms with Gasteiger partial charge in [0.25, 0.3) is 10.2 Å². The molecule has 106 valence electrons. The van der Waals surface area contributed by atoms with Crippen molar-refractivity contribution in [3.63, 3.8) is 0 Å². The Morgan fingerprint density at radius 2 is 1.79 bits per heavy atom. The van der Waals surface area contributed by atoms with Gasteiger partial charge in [-0.25, -0.2) is 5.14 Å². The van der Waals surface area contributed by atoms with Crippen LogP contribution in [-0.2, 0) is 16.8 Å².